The summed E-state index contributed by atoms with van der Waals surface area (Å²) >= 11 is 0. The van der Waals surface area contributed by atoms with Gasteiger partial charge in [-0.2, -0.15) is 0 Å². The lowest BCUT2D eigenvalue weighted by molar-refractivity contribution is 0.954. The molecule has 0 saturated heterocycles. The van der Waals surface area contributed by atoms with Crippen LogP contribution in [0.4, 0.5) is 0 Å². The molecule has 1 aliphatic carbocycles. The number of nitrogens with zero attached hydrogens (tertiary/aromatic N) is 1. The minimum atomic E-state index is 0.507. The van der Waals surface area contributed by atoms with E-state index in [9.17, 15) is 0 Å². The molecule has 12 heavy (non-hydrogen) atoms. The third-order valence-corrected chi connectivity index (χ3v) is 2.29. The highest BCUT2D eigenvalue weighted by Crippen LogP contribution is 2.40. The van der Waals surface area contributed by atoms with E-state index in [2.05, 4.69) is 18.0 Å². The Morgan fingerprint density at radius 3 is 2.75 bits per heavy atom. The summed E-state index contributed by atoms with van der Waals surface area (Å²) in [6.45, 7) is 4.43. The van der Waals surface area contributed by atoms with Crippen LogP contribution in [-0.4, -0.2) is 4.98 Å². The Hall–Kier alpha value is -0.890. The van der Waals surface area contributed by atoms with Gasteiger partial charge < -0.3 is 5.73 Å². The molecule has 1 radical (unpaired) electrons. The average Bonchev–Trinajstić information content (AvgIpc) is 2.87. The first-order valence-corrected chi connectivity index (χ1v) is 4.33. The molecule has 0 bridgehead atoms. The number of aromatic nitrogens is 1. The van der Waals surface area contributed by atoms with Crippen molar-refractivity contribution >= 4 is 0 Å². The van der Waals surface area contributed by atoms with Crippen molar-refractivity contribution in [2.24, 2.45) is 5.73 Å². The summed E-state index contributed by atoms with van der Waals surface area (Å²) in [5.41, 5.74) is 8.63. The third-order valence-electron chi connectivity index (χ3n) is 2.29. The molecule has 2 N–H and O–H groups in total. The smallest absolute Gasteiger partial charge is 0.0543 e. The van der Waals surface area contributed by atoms with Crippen molar-refractivity contribution in [2.45, 2.75) is 25.3 Å². The maximum Gasteiger partial charge on any atom is 0.0543 e. The van der Waals surface area contributed by atoms with Crippen LogP contribution in [0.15, 0.2) is 12.1 Å². The molecule has 0 aromatic carbocycles. The summed E-state index contributed by atoms with van der Waals surface area (Å²) in [7, 11) is 0. The maximum absolute atomic E-state index is 5.47. The van der Waals surface area contributed by atoms with E-state index in [1.807, 2.05) is 6.07 Å². The molecule has 2 nitrogen and oxygen atoms in total. The van der Waals surface area contributed by atoms with Gasteiger partial charge in [0.15, 0.2) is 0 Å². The van der Waals surface area contributed by atoms with Crippen molar-refractivity contribution < 1.29 is 0 Å². The Kier molecular flexibility index (Phi) is 1.85. The van der Waals surface area contributed by atoms with E-state index >= 15 is 0 Å². The summed E-state index contributed by atoms with van der Waals surface area (Å²) in [6.07, 6.45) is 2.60. The van der Waals surface area contributed by atoms with Crippen LogP contribution in [0.25, 0.3) is 0 Å². The zero-order chi connectivity index (χ0) is 8.55. The Bertz CT molecular complexity index is 290. The molecule has 0 amide bonds. The second-order valence-corrected chi connectivity index (χ2v) is 3.32. The van der Waals surface area contributed by atoms with Crippen molar-refractivity contribution in [1.29, 1.82) is 0 Å². The van der Waals surface area contributed by atoms with Crippen LogP contribution in [0.3, 0.4) is 0 Å². The third kappa shape index (κ3) is 1.34. The predicted molar refractivity (Wildman–Crippen MR) is 48.6 cm³/mol. The van der Waals surface area contributed by atoms with Gasteiger partial charge in [0.05, 0.1) is 5.69 Å². The number of nitrogens with two attached hydrogens (primary N) is 1. The monoisotopic (exact) mass is 161 g/mol. The predicted octanol–water partition coefficient (Wildman–Crippen LogP) is 1.60. The van der Waals surface area contributed by atoms with Crippen molar-refractivity contribution in [3.05, 3.63) is 36.0 Å². The summed E-state index contributed by atoms with van der Waals surface area (Å²) < 4.78 is 0. The van der Waals surface area contributed by atoms with Crippen molar-refractivity contribution in [1.82, 2.24) is 4.98 Å². The molecular weight excluding hydrogens is 148 g/mol. The lowest BCUT2D eigenvalue weighted by Gasteiger charge is -2.04. The number of rotatable bonds is 2. The van der Waals surface area contributed by atoms with Gasteiger partial charge in [-0.05, 0) is 37.3 Å². The molecule has 0 unspecified atom stereocenters. The van der Waals surface area contributed by atoms with Crippen LogP contribution in [0, 0.1) is 6.92 Å². The van der Waals surface area contributed by atoms with Crippen molar-refractivity contribution in [3.63, 3.8) is 0 Å². The van der Waals surface area contributed by atoms with Crippen molar-refractivity contribution in [3.8, 4) is 0 Å². The minimum Gasteiger partial charge on any atom is -0.325 e. The van der Waals surface area contributed by atoms with Crippen LogP contribution in [0.2, 0.25) is 0 Å². The van der Waals surface area contributed by atoms with E-state index in [-0.39, 0.29) is 0 Å². The molecule has 1 aromatic rings. The molecular formula is C10H13N2. The SMILES string of the molecule is [CH2]c1nc(CN)ccc1C1CC1. The first kappa shape index (κ1) is 7.74. The standard InChI is InChI=1S/C10H13N2/c1-7-10(8-2-3-8)5-4-9(6-11)12-7/h4-5,8H,1-3,6,11H2. The first-order chi connectivity index (χ1) is 5.81. The lowest BCUT2D eigenvalue weighted by atomic mass is 10.1. The molecule has 0 atom stereocenters. The molecule has 0 spiro atoms. The fourth-order valence-electron chi connectivity index (χ4n) is 1.44. The van der Waals surface area contributed by atoms with E-state index in [1.165, 1.54) is 18.4 Å². The summed E-state index contributed by atoms with van der Waals surface area (Å²) in [5.74, 6) is 0.733. The molecule has 1 fully saturated rings. The zero-order valence-corrected chi connectivity index (χ0v) is 7.09. The highest BCUT2D eigenvalue weighted by Gasteiger charge is 2.25. The molecule has 2 rings (SSSR count). The summed E-state index contributed by atoms with van der Waals surface area (Å²) in [5, 5.41) is 0. The van der Waals surface area contributed by atoms with Gasteiger partial charge in [-0.1, -0.05) is 6.07 Å². The van der Waals surface area contributed by atoms with Crippen LogP contribution in [0.1, 0.15) is 35.7 Å². The fourth-order valence-corrected chi connectivity index (χ4v) is 1.44. The van der Waals surface area contributed by atoms with E-state index in [4.69, 9.17) is 5.73 Å². The number of pyridine rings is 1. The van der Waals surface area contributed by atoms with Crippen LogP contribution >= 0.6 is 0 Å². The minimum absolute atomic E-state index is 0.507. The second-order valence-electron chi connectivity index (χ2n) is 3.32. The Labute approximate surface area is 72.8 Å². The summed E-state index contributed by atoms with van der Waals surface area (Å²) in [6, 6.07) is 4.12. The van der Waals surface area contributed by atoms with Crippen molar-refractivity contribution in [2.75, 3.05) is 0 Å². The molecule has 2 heteroatoms. The molecule has 0 aliphatic heterocycles. The fraction of sp³-hybridized carbons (Fsp3) is 0.400. The number of hydrogen-bond donors (Lipinski definition) is 1. The van der Waals surface area contributed by atoms with Gasteiger partial charge in [0.25, 0.3) is 0 Å². The van der Waals surface area contributed by atoms with Gasteiger partial charge in [0.1, 0.15) is 0 Å². The molecule has 63 valence electrons. The lowest BCUT2D eigenvalue weighted by Crippen LogP contribution is -2.02. The second kappa shape index (κ2) is 2.87. The van der Waals surface area contributed by atoms with E-state index in [0.717, 1.165) is 17.3 Å². The van der Waals surface area contributed by atoms with Gasteiger partial charge in [-0.25, -0.2) is 0 Å². The normalized spacial score (nSPS) is 16.5. The highest BCUT2D eigenvalue weighted by atomic mass is 14.7. The maximum atomic E-state index is 5.47. The Balaban J connectivity index is 2.32. The Morgan fingerprint density at radius 1 is 1.50 bits per heavy atom. The van der Waals surface area contributed by atoms with Gasteiger partial charge in [-0.15, -0.1) is 0 Å². The van der Waals surface area contributed by atoms with E-state index in [1.54, 1.807) is 0 Å². The van der Waals surface area contributed by atoms with E-state index in [0.29, 0.717) is 6.54 Å². The van der Waals surface area contributed by atoms with Gasteiger partial charge in [-0.3, -0.25) is 4.98 Å². The molecule has 1 heterocycles. The molecule has 1 aliphatic rings. The number of hydrogen-bond acceptors (Lipinski definition) is 2. The largest absolute Gasteiger partial charge is 0.325 e. The van der Waals surface area contributed by atoms with E-state index < -0.39 is 0 Å². The highest BCUT2D eigenvalue weighted by molar-refractivity contribution is 5.31. The average molecular weight is 161 g/mol. The van der Waals surface area contributed by atoms with Crippen LogP contribution in [0.5, 0.6) is 0 Å². The van der Waals surface area contributed by atoms with Gasteiger partial charge in [0, 0.05) is 12.2 Å². The first-order valence-electron chi connectivity index (χ1n) is 4.33. The van der Waals surface area contributed by atoms with Crippen LogP contribution < -0.4 is 5.73 Å². The summed E-state index contributed by atoms with van der Waals surface area (Å²) in [4.78, 5) is 4.32. The van der Waals surface area contributed by atoms with Gasteiger partial charge in [0.2, 0.25) is 0 Å². The molecule has 1 saturated carbocycles. The molecule has 1 aromatic heterocycles. The van der Waals surface area contributed by atoms with Crippen LogP contribution in [-0.2, 0) is 6.54 Å². The zero-order valence-electron chi connectivity index (χ0n) is 7.09. The van der Waals surface area contributed by atoms with Gasteiger partial charge >= 0.3 is 0 Å². The quantitative estimate of drug-likeness (QED) is 0.715. The topological polar surface area (TPSA) is 38.9 Å². The Morgan fingerprint density at radius 2 is 2.25 bits per heavy atom.